The summed E-state index contributed by atoms with van der Waals surface area (Å²) < 4.78 is 214. The molecule has 0 heterocycles. The average Bonchev–Trinajstić information content (AvgIpc) is 3.35. The van der Waals surface area contributed by atoms with Crippen molar-refractivity contribution in [3.8, 4) is 11.1 Å². The summed E-state index contributed by atoms with van der Waals surface area (Å²) in [4.78, 5) is 0. The van der Waals surface area contributed by atoms with Crippen LogP contribution in [0.5, 0.6) is 0 Å². The van der Waals surface area contributed by atoms with E-state index in [1.807, 2.05) is 0 Å². The topological polar surface area (TPSA) is 0 Å². The van der Waals surface area contributed by atoms with Crippen molar-refractivity contribution in [1.82, 2.24) is 0 Å². The standard InChI is InChI=1S/C15F16.4C9H19.C6H15P.Al/c16-5-2(6(17)10(21)12(23)9(5)20)1-3(13(24,25)15(29,30)31)7(18)11(22)8(19)4(1)14(26,27)28;4*1-3-5-7-9-8-6-4-2;1-3-5-6-7-4-2;/h;4*1,3-9H2,2H3;7H,3-6H2,1-2H3;/q;;;;;;-1/p+1. The number of alkyl halides is 8. The maximum atomic E-state index is 13.9. The maximum Gasteiger partial charge on any atom is 0.458 e. The first-order chi connectivity index (χ1) is 35.4. The van der Waals surface area contributed by atoms with Gasteiger partial charge in [-0.1, -0.05) is 221 Å². The van der Waals surface area contributed by atoms with Crippen molar-refractivity contribution in [2.75, 3.05) is 12.3 Å². The Kier molecular flexibility index (Phi) is 39.5. The minimum atomic E-state index is -7.10. The summed E-state index contributed by atoms with van der Waals surface area (Å²) in [7, 11) is 0.816. The van der Waals surface area contributed by atoms with Crippen LogP contribution in [0.3, 0.4) is 0 Å². The van der Waals surface area contributed by atoms with Crippen molar-refractivity contribution in [1.29, 1.82) is 0 Å². The molecule has 1 unspecified atom stereocenters. The van der Waals surface area contributed by atoms with Crippen LogP contribution in [-0.4, -0.2) is 31.6 Å². The van der Waals surface area contributed by atoms with E-state index < -0.39 is 100 Å². The molecular formula is C57H92AlF16P. The monoisotopic (exact) mass is 1140 g/mol. The molecule has 0 aromatic heterocycles. The third-order valence-electron chi connectivity index (χ3n) is 14.5. The maximum absolute atomic E-state index is 13.9. The summed E-state index contributed by atoms with van der Waals surface area (Å²) in [5.74, 6) is -34.1. The van der Waals surface area contributed by atoms with E-state index in [0.717, 1.165) is 8.58 Å². The molecule has 0 spiro atoms. The molecule has 0 nitrogen and oxygen atoms in total. The molecule has 440 valence electrons. The molecule has 0 N–H and O–H groups in total. The summed E-state index contributed by atoms with van der Waals surface area (Å²) >= 11 is -1.45. The first-order valence-corrected chi connectivity index (χ1v) is 33.6. The van der Waals surface area contributed by atoms with Crippen molar-refractivity contribution >= 4 is 21.7 Å². The molecule has 0 fully saturated rings. The molecule has 2 aromatic rings. The lowest BCUT2D eigenvalue weighted by Gasteiger charge is -2.37. The smallest absolute Gasteiger partial charge is 0.203 e. The molecule has 18 heteroatoms. The fourth-order valence-corrected chi connectivity index (χ4v) is 17.4. The third-order valence-corrected chi connectivity index (χ3v) is 22.4. The van der Waals surface area contributed by atoms with E-state index in [2.05, 4.69) is 41.5 Å². The Labute approximate surface area is 445 Å². The second kappa shape index (κ2) is 40.5. The van der Waals surface area contributed by atoms with Gasteiger partial charge in [-0.05, 0) is 21.9 Å². The Balaban J connectivity index is 0.00000130. The largest absolute Gasteiger partial charge is 0.458 e. The Morgan fingerprint density at radius 3 is 0.853 bits per heavy atom. The van der Waals surface area contributed by atoms with Gasteiger partial charge in [0.15, 0.2) is 40.7 Å². The van der Waals surface area contributed by atoms with E-state index in [1.54, 1.807) is 46.8 Å². The van der Waals surface area contributed by atoms with E-state index in [4.69, 9.17) is 0 Å². The summed E-state index contributed by atoms with van der Waals surface area (Å²) in [6, 6.07) is 0. The van der Waals surface area contributed by atoms with Crippen LogP contribution in [0.25, 0.3) is 11.1 Å². The van der Waals surface area contributed by atoms with Gasteiger partial charge in [0, 0.05) is 5.56 Å². The molecule has 75 heavy (non-hydrogen) atoms. The molecule has 2 aromatic carbocycles. The highest BCUT2D eigenvalue weighted by molar-refractivity contribution is 7.37. The van der Waals surface area contributed by atoms with Crippen LogP contribution in [0, 0.1) is 46.5 Å². The van der Waals surface area contributed by atoms with E-state index in [9.17, 15) is 70.2 Å². The predicted molar refractivity (Wildman–Crippen MR) is 283 cm³/mol. The second-order valence-electron chi connectivity index (χ2n) is 20.8. The molecule has 0 aliphatic carbocycles. The van der Waals surface area contributed by atoms with Crippen LogP contribution in [-0.2, 0) is 12.1 Å². The molecule has 0 radical (unpaired) electrons. The second-order valence-corrected chi connectivity index (χ2v) is 28.5. The minimum Gasteiger partial charge on any atom is -0.203 e. The SMILES string of the molecule is CCCCCCCC[CH2][Al-]([CH2]CCCCCCCC)([CH2]CCCCCCCC)[CH2]CCCCCCCC.CCCC[PH2+]CC.Fc1c(F)c(F)c(-c2c(C(F)(F)F)c(F)c(F)c(F)c2C(F)(F)C(F)(F)F)c(F)c1F. The van der Waals surface area contributed by atoms with Gasteiger partial charge in [-0.3, -0.25) is 0 Å². The van der Waals surface area contributed by atoms with E-state index in [1.165, 1.54) is 179 Å². The third kappa shape index (κ3) is 26.9. The summed E-state index contributed by atoms with van der Waals surface area (Å²) in [5, 5.41) is 6.84. The highest BCUT2D eigenvalue weighted by Gasteiger charge is 2.63. The Morgan fingerprint density at radius 2 is 0.573 bits per heavy atom. The summed E-state index contributed by atoms with van der Waals surface area (Å²) in [5.41, 5.74) is -14.2. The number of unbranched alkanes of at least 4 members (excludes halogenated alkanes) is 25. The molecule has 1 atom stereocenters. The molecule has 2 rings (SSSR count). The number of rotatable bonds is 38. The lowest BCUT2D eigenvalue weighted by Crippen LogP contribution is -2.36. The van der Waals surface area contributed by atoms with Gasteiger partial charge in [0.25, 0.3) is 0 Å². The normalized spacial score (nSPS) is 12.4. The van der Waals surface area contributed by atoms with Gasteiger partial charge < -0.3 is 0 Å². The molecule has 0 aliphatic heterocycles. The number of hydrogen-bond donors (Lipinski definition) is 0. The first-order valence-electron chi connectivity index (χ1n) is 28.7. The van der Waals surface area contributed by atoms with E-state index in [-0.39, 0.29) is 0 Å². The van der Waals surface area contributed by atoms with Gasteiger partial charge in [0.05, 0.1) is 23.5 Å². The van der Waals surface area contributed by atoms with Gasteiger partial charge in [-0.15, -0.1) is 0 Å². The van der Waals surface area contributed by atoms with Gasteiger partial charge in [-0.25, -0.2) is 35.1 Å². The molecule has 0 amide bonds. The van der Waals surface area contributed by atoms with Gasteiger partial charge in [-0.2, -0.15) is 56.3 Å². The van der Waals surface area contributed by atoms with Crippen molar-refractivity contribution in [3.63, 3.8) is 0 Å². The average molecular weight is 1140 g/mol. The van der Waals surface area contributed by atoms with Gasteiger partial charge in [0.2, 0.25) is 5.82 Å². The van der Waals surface area contributed by atoms with Gasteiger partial charge in [0.1, 0.15) is 18.6 Å². The Morgan fingerprint density at radius 1 is 0.307 bits per heavy atom. The quantitative estimate of drug-likeness (QED) is 0.0157. The molecule has 0 saturated carbocycles. The van der Waals surface area contributed by atoms with Crippen molar-refractivity contribution in [3.05, 3.63) is 57.7 Å². The zero-order valence-electron chi connectivity index (χ0n) is 46.2. The van der Waals surface area contributed by atoms with Crippen LogP contribution >= 0.6 is 8.58 Å². The van der Waals surface area contributed by atoms with Crippen molar-refractivity contribution < 1.29 is 70.2 Å². The lowest BCUT2D eigenvalue weighted by atomic mass is 9.88. The van der Waals surface area contributed by atoms with Crippen molar-refractivity contribution in [2.45, 2.75) is 274 Å². The van der Waals surface area contributed by atoms with Crippen molar-refractivity contribution in [2.24, 2.45) is 0 Å². The number of halogens is 16. The van der Waals surface area contributed by atoms with Crippen LogP contribution in [0.2, 0.25) is 21.1 Å². The Bertz CT molecular complexity index is 1690. The van der Waals surface area contributed by atoms with Crippen LogP contribution in [0.4, 0.5) is 70.2 Å². The molecule has 0 aliphatic rings. The predicted octanol–water partition coefficient (Wildman–Crippen LogP) is 23.8. The number of benzene rings is 2. The van der Waals surface area contributed by atoms with Crippen LogP contribution in [0.15, 0.2) is 0 Å². The molecular weight excluding hydrogens is 1050 g/mol. The highest BCUT2D eigenvalue weighted by atomic mass is 31.1. The minimum absolute atomic E-state index is 0.816. The fourth-order valence-electron chi connectivity index (χ4n) is 9.99. The zero-order valence-corrected chi connectivity index (χ0v) is 48.5. The van der Waals surface area contributed by atoms with Crippen LogP contribution in [0.1, 0.15) is 245 Å². The van der Waals surface area contributed by atoms with Crippen LogP contribution < -0.4 is 0 Å². The lowest BCUT2D eigenvalue weighted by molar-refractivity contribution is -0.290. The zero-order chi connectivity index (χ0) is 57.1. The summed E-state index contributed by atoms with van der Waals surface area (Å²) in [6.45, 7) is 13.9. The Hall–Kier alpha value is -1.72. The number of hydrogen-bond acceptors (Lipinski definition) is 0. The van der Waals surface area contributed by atoms with E-state index >= 15 is 0 Å². The van der Waals surface area contributed by atoms with E-state index in [0.29, 0.717) is 0 Å². The summed E-state index contributed by atoms with van der Waals surface area (Å²) in [6.07, 6.45) is 33.9. The van der Waals surface area contributed by atoms with Gasteiger partial charge >= 0.3 is 18.3 Å². The molecule has 0 bridgehead atoms. The molecule has 0 saturated heterocycles. The highest BCUT2D eigenvalue weighted by Crippen LogP contribution is 2.54. The first kappa shape index (κ1) is 73.3. The fraction of sp³-hybridized carbons (Fsp3) is 0.789.